The summed E-state index contributed by atoms with van der Waals surface area (Å²) in [6.07, 6.45) is 7.12. The SMILES string of the molecule is CC(C)CCNC(=O)CN(CCCN)C1CCCC1. The highest BCUT2D eigenvalue weighted by molar-refractivity contribution is 5.78. The highest BCUT2D eigenvalue weighted by Crippen LogP contribution is 2.23. The first-order valence-corrected chi connectivity index (χ1v) is 7.84. The molecule has 0 atom stereocenters. The fourth-order valence-electron chi connectivity index (χ4n) is 2.70. The van der Waals surface area contributed by atoms with Crippen LogP contribution in [0.3, 0.4) is 0 Å². The van der Waals surface area contributed by atoms with E-state index in [1.165, 1.54) is 25.7 Å². The average Bonchev–Trinajstić information content (AvgIpc) is 2.87. The zero-order valence-corrected chi connectivity index (χ0v) is 12.7. The van der Waals surface area contributed by atoms with E-state index < -0.39 is 0 Å². The molecule has 1 saturated carbocycles. The Kier molecular flexibility index (Phi) is 8.07. The Morgan fingerprint density at radius 3 is 2.63 bits per heavy atom. The molecule has 3 N–H and O–H groups in total. The van der Waals surface area contributed by atoms with Gasteiger partial charge in [-0.15, -0.1) is 0 Å². The van der Waals surface area contributed by atoms with Crippen LogP contribution >= 0.6 is 0 Å². The first-order chi connectivity index (χ1) is 9.13. The lowest BCUT2D eigenvalue weighted by molar-refractivity contribution is -0.122. The average molecular weight is 269 g/mol. The Hall–Kier alpha value is -0.610. The molecule has 4 heteroatoms. The van der Waals surface area contributed by atoms with Gasteiger partial charge in [0.1, 0.15) is 0 Å². The molecule has 4 nitrogen and oxygen atoms in total. The fraction of sp³-hybridized carbons (Fsp3) is 0.933. The molecule has 112 valence electrons. The molecule has 0 radical (unpaired) electrons. The van der Waals surface area contributed by atoms with Crippen LogP contribution in [0, 0.1) is 5.92 Å². The molecule has 1 amide bonds. The van der Waals surface area contributed by atoms with E-state index in [1.54, 1.807) is 0 Å². The van der Waals surface area contributed by atoms with Gasteiger partial charge in [-0.2, -0.15) is 0 Å². The van der Waals surface area contributed by atoms with Crippen molar-refractivity contribution in [3.8, 4) is 0 Å². The Bertz CT molecular complexity index is 250. The summed E-state index contributed by atoms with van der Waals surface area (Å²) < 4.78 is 0. The van der Waals surface area contributed by atoms with Crippen LogP contribution in [-0.4, -0.2) is 43.0 Å². The van der Waals surface area contributed by atoms with Crippen LogP contribution in [-0.2, 0) is 4.79 Å². The number of carbonyl (C=O) groups excluding carboxylic acids is 1. The zero-order valence-electron chi connectivity index (χ0n) is 12.7. The van der Waals surface area contributed by atoms with Crippen LogP contribution in [0.4, 0.5) is 0 Å². The Morgan fingerprint density at radius 1 is 1.37 bits per heavy atom. The standard InChI is InChI=1S/C15H31N3O/c1-13(2)8-10-17-15(19)12-18(11-5-9-16)14-6-3-4-7-14/h13-14H,3-12,16H2,1-2H3,(H,17,19). The van der Waals surface area contributed by atoms with Gasteiger partial charge in [0.15, 0.2) is 0 Å². The first-order valence-electron chi connectivity index (χ1n) is 7.84. The van der Waals surface area contributed by atoms with Gasteiger partial charge in [-0.1, -0.05) is 26.7 Å². The topological polar surface area (TPSA) is 58.4 Å². The molecule has 0 aromatic heterocycles. The maximum absolute atomic E-state index is 12.0. The predicted molar refractivity (Wildman–Crippen MR) is 80.0 cm³/mol. The quantitative estimate of drug-likeness (QED) is 0.670. The molecule has 0 aromatic rings. The maximum atomic E-state index is 12.0. The highest BCUT2D eigenvalue weighted by atomic mass is 16.2. The summed E-state index contributed by atoms with van der Waals surface area (Å²) in [5.41, 5.74) is 5.59. The Morgan fingerprint density at radius 2 is 2.05 bits per heavy atom. The van der Waals surface area contributed by atoms with Crippen molar-refractivity contribution in [2.24, 2.45) is 11.7 Å². The molecule has 1 aliphatic rings. The largest absolute Gasteiger partial charge is 0.355 e. The molecular weight excluding hydrogens is 238 g/mol. The van der Waals surface area contributed by atoms with Gasteiger partial charge < -0.3 is 11.1 Å². The molecule has 1 rings (SSSR count). The molecule has 0 heterocycles. The molecule has 0 unspecified atom stereocenters. The summed E-state index contributed by atoms with van der Waals surface area (Å²) in [6.45, 7) is 7.36. The second kappa shape index (κ2) is 9.32. The van der Waals surface area contributed by atoms with Crippen molar-refractivity contribution < 1.29 is 4.79 Å². The number of amides is 1. The second-order valence-electron chi connectivity index (χ2n) is 6.08. The third-order valence-electron chi connectivity index (χ3n) is 3.88. The van der Waals surface area contributed by atoms with Crippen molar-refractivity contribution in [3.05, 3.63) is 0 Å². The van der Waals surface area contributed by atoms with Crippen molar-refractivity contribution in [1.82, 2.24) is 10.2 Å². The molecular formula is C15H31N3O. The number of carbonyl (C=O) groups is 1. The molecule has 0 saturated heterocycles. The van der Waals surface area contributed by atoms with Crippen molar-refractivity contribution in [1.29, 1.82) is 0 Å². The normalized spacial score (nSPS) is 16.5. The highest BCUT2D eigenvalue weighted by Gasteiger charge is 2.23. The smallest absolute Gasteiger partial charge is 0.234 e. The number of rotatable bonds is 9. The van der Waals surface area contributed by atoms with Crippen molar-refractivity contribution in [2.75, 3.05) is 26.2 Å². The van der Waals surface area contributed by atoms with Crippen molar-refractivity contribution in [2.45, 2.75) is 58.4 Å². The van der Waals surface area contributed by atoms with Gasteiger partial charge in [0.25, 0.3) is 0 Å². The lowest BCUT2D eigenvalue weighted by Gasteiger charge is -2.28. The molecule has 0 bridgehead atoms. The Balaban J connectivity index is 2.31. The number of hydrogen-bond donors (Lipinski definition) is 2. The van der Waals surface area contributed by atoms with Gasteiger partial charge in [-0.05, 0) is 38.1 Å². The lowest BCUT2D eigenvalue weighted by atomic mass is 10.1. The van der Waals surface area contributed by atoms with Gasteiger partial charge in [0.2, 0.25) is 5.91 Å². The maximum Gasteiger partial charge on any atom is 0.234 e. The van der Waals surface area contributed by atoms with Crippen LogP contribution in [0.1, 0.15) is 52.4 Å². The van der Waals surface area contributed by atoms with E-state index in [0.29, 0.717) is 25.0 Å². The summed E-state index contributed by atoms with van der Waals surface area (Å²) >= 11 is 0. The van der Waals surface area contributed by atoms with Crippen molar-refractivity contribution in [3.63, 3.8) is 0 Å². The number of hydrogen-bond acceptors (Lipinski definition) is 3. The minimum atomic E-state index is 0.171. The Labute approximate surface area is 118 Å². The van der Waals surface area contributed by atoms with E-state index >= 15 is 0 Å². The monoisotopic (exact) mass is 269 g/mol. The van der Waals surface area contributed by atoms with Gasteiger partial charge in [0, 0.05) is 19.1 Å². The van der Waals surface area contributed by atoms with Crippen LogP contribution in [0.2, 0.25) is 0 Å². The van der Waals surface area contributed by atoms with Gasteiger partial charge in [-0.25, -0.2) is 0 Å². The van der Waals surface area contributed by atoms with E-state index in [2.05, 4.69) is 24.1 Å². The third-order valence-corrected chi connectivity index (χ3v) is 3.88. The van der Waals surface area contributed by atoms with Gasteiger partial charge >= 0.3 is 0 Å². The molecule has 1 fully saturated rings. The minimum absolute atomic E-state index is 0.171. The molecule has 19 heavy (non-hydrogen) atoms. The van der Waals surface area contributed by atoms with E-state index in [1.807, 2.05) is 0 Å². The van der Waals surface area contributed by atoms with E-state index in [9.17, 15) is 4.79 Å². The number of nitrogens with two attached hydrogens (primary N) is 1. The van der Waals surface area contributed by atoms with Crippen LogP contribution < -0.4 is 11.1 Å². The predicted octanol–water partition coefficient (Wildman–Crippen LogP) is 1.74. The molecule has 0 spiro atoms. The summed E-state index contributed by atoms with van der Waals surface area (Å²) in [6, 6.07) is 0.599. The molecule has 1 aliphatic carbocycles. The third kappa shape index (κ3) is 6.92. The van der Waals surface area contributed by atoms with E-state index in [0.717, 1.165) is 25.9 Å². The summed E-state index contributed by atoms with van der Waals surface area (Å²) in [5, 5.41) is 3.03. The number of nitrogens with one attached hydrogen (secondary N) is 1. The van der Waals surface area contributed by atoms with Crippen LogP contribution in [0.5, 0.6) is 0 Å². The van der Waals surface area contributed by atoms with Gasteiger partial charge in [-0.3, -0.25) is 9.69 Å². The molecule has 0 aliphatic heterocycles. The van der Waals surface area contributed by atoms with Crippen LogP contribution in [0.15, 0.2) is 0 Å². The molecule has 0 aromatic carbocycles. The van der Waals surface area contributed by atoms with Gasteiger partial charge in [0.05, 0.1) is 6.54 Å². The number of nitrogens with zero attached hydrogens (tertiary/aromatic N) is 1. The summed E-state index contributed by atoms with van der Waals surface area (Å²) in [5.74, 6) is 0.813. The van der Waals surface area contributed by atoms with E-state index in [-0.39, 0.29) is 5.91 Å². The summed E-state index contributed by atoms with van der Waals surface area (Å²) in [7, 11) is 0. The minimum Gasteiger partial charge on any atom is -0.355 e. The second-order valence-corrected chi connectivity index (χ2v) is 6.08. The lowest BCUT2D eigenvalue weighted by Crippen LogP contribution is -2.43. The van der Waals surface area contributed by atoms with Crippen molar-refractivity contribution >= 4 is 5.91 Å². The van der Waals surface area contributed by atoms with Crippen LogP contribution in [0.25, 0.3) is 0 Å². The summed E-state index contributed by atoms with van der Waals surface area (Å²) in [4.78, 5) is 14.3. The zero-order chi connectivity index (χ0) is 14.1. The van der Waals surface area contributed by atoms with E-state index in [4.69, 9.17) is 5.73 Å². The fourth-order valence-corrected chi connectivity index (χ4v) is 2.70. The first kappa shape index (κ1) is 16.4.